The summed E-state index contributed by atoms with van der Waals surface area (Å²) < 4.78 is 0. The monoisotopic (exact) mass is 201 g/mol. The van der Waals surface area contributed by atoms with Gasteiger partial charge in [0.2, 0.25) is 5.91 Å². The second-order valence-corrected chi connectivity index (χ2v) is 3.57. The van der Waals surface area contributed by atoms with Gasteiger partial charge >= 0.3 is 0 Å². The summed E-state index contributed by atoms with van der Waals surface area (Å²) in [5, 5.41) is 0.542. The lowest BCUT2D eigenvalue weighted by Gasteiger charge is -2.09. The topological polar surface area (TPSA) is 43.1 Å². The fourth-order valence-corrected chi connectivity index (χ4v) is 1.46. The third-order valence-corrected chi connectivity index (χ3v) is 2.03. The zero-order valence-corrected chi connectivity index (χ0v) is 9.06. The minimum absolute atomic E-state index is 0.0789. The zero-order chi connectivity index (χ0) is 10.4. The molecule has 2 N–H and O–H groups in total. The first-order valence-electron chi connectivity index (χ1n) is 4.30. The predicted octanol–water partition coefficient (Wildman–Crippen LogP) is 2.59. The molecule has 0 aromatic rings. The number of carbonyl (C=O) groups is 1. The molecule has 0 aliphatic carbocycles. The first-order valence-corrected chi connectivity index (χ1v) is 4.68. The molecule has 0 unspecified atom stereocenters. The van der Waals surface area contributed by atoms with Crippen LogP contribution in [0.5, 0.6) is 0 Å². The van der Waals surface area contributed by atoms with E-state index < -0.39 is 5.91 Å². The van der Waals surface area contributed by atoms with Crippen molar-refractivity contribution in [1.29, 1.82) is 0 Å². The Morgan fingerprint density at radius 1 is 1.54 bits per heavy atom. The van der Waals surface area contributed by atoms with Gasteiger partial charge in [0.1, 0.15) is 0 Å². The van der Waals surface area contributed by atoms with E-state index in [1.807, 2.05) is 32.9 Å². The Bertz CT molecular complexity index is 241. The summed E-state index contributed by atoms with van der Waals surface area (Å²) in [7, 11) is 0. The summed E-state index contributed by atoms with van der Waals surface area (Å²) in [6, 6.07) is 0. The Morgan fingerprint density at radius 3 is 2.38 bits per heavy atom. The van der Waals surface area contributed by atoms with E-state index in [2.05, 4.69) is 0 Å². The van der Waals surface area contributed by atoms with Gasteiger partial charge in [-0.1, -0.05) is 37.6 Å². The highest BCUT2D eigenvalue weighted by atomic mass is 35.5. The Labute approximate surface area is 84.4 Å². The van der Waals surface area contributed by atoms with E-state index in [-0.39, 0.29) is 5.92 Å². The minimum atomic E-state index is -0.426. The van der Waals surface area contributed by atoms with Crippen molar-refractivity contribution in [2.24, 2.45) is 11.7 Å². The van der Waals surface area contributed by atoms with Crippen LogP contribution in [-0.4, -0.2) is 5.91 Å². The van der Waals surface area contributed by atoms with Crippen molar-refractivity contribution in [3.8, 4) is 0 Å². The molecule has 0 heterocycles. The van der Waals surface area contributed by atoms with Crippen LogP contribution in [0.25, 0.3) is 0 Å². The summed E-state index contributed by atoms with van der Waals surface area (Å²) in [6.45, 7) is 5.71. The maximum Gasteiger partial charge on any atom is 0.246 e. The number of nitrogens with two attached hydrogens (primary N) is 1. The van der Waals surface area contributed by atoms with Gasteiger partial charge in [-0.25, -0.2) is 0 Å². The smallest absolute Gasteiger partial charge is 0.246 e. The van der Waals surface area contributed by atoms with Crippen LogP contribution in [0.1, 0.15) is 27.2 Å². The predicted molar refractivity (Wildman–Crippen MR) is 56.3 cm³/mol. The van der Waals surface area contributed by atoms with Crippen LogP contribution in [0, 0.1) is 5.92 Å². The minimum Gasteiger partial charge on any atom is -0.366 e. The first kappa shape index (κ1) is 12.2. The second kappa shape index (κ2) is 5.81. The van der Waals surface area contributed by atoms with Crippen LogP contribution in [0.15, 0.2) is 22.8 Å². The molecule has 2 nitrogen and oxygen atoms in total. The van der Waals surface area contributed by atoms with Crippen molar-refractivity contribution in [3.05, 3.63) is 22.8 Å². The standard InChI is InChI=1S/C10H16ClNO/c1-4-5-6-8(11)9(7(2)3)10(12)13/h4-5,7H,6H2,1-3H3,(H2,12,13)/b5-4-,9-8-. The van der Waals surface area contributed by atoms with E-state index in [4.69, 9.17) is 17.3 Å². The van der Waals surface area contributed by atoms with Crippen LogP contribution in [-0.2, 0) is 4.79 Å². The molecule has 13 heavy (non-hydrogen) atoms. The van der Waals surface area contributed by atoms with Gasteiger partial charge in [-0.3, -0.25) is 4.79 Å². The van der Waals surface area contributed by atoms with E-state index in [9.17, 15) is 4.79 Å². The van der Waals surface area contributed by atoms with Crippen molar-refractivity contribution < 1.29 is 4.79 Å². The van der Waals surface area contributed by atoms with Gasteiger partial charge in [-0.05, 0) is 12.8 Å². The number of halogens is 1. The second-order valence-electron chi connectivity index (χ2n) is 3.11. The lowest BCUT2D eigenvalue weighted by molar-refractivity contribution is -0.115. The highest BCUT2D eigenvalue weighted by Crippen LogP contribution is 2.20. The third kappa shape index (κ3) is 4.13. The molecule has 0 fully saturated rings. The zero-order valence-electron chi connectivity index (χ0n) is 8.30. The van der Waals surface area contributed by atoms with E-state index in [0.717, 1.165) is 0 Å². The fourth-order valence-electron chi connectivity index (χ4n) is 1.06. The number of allylic oxidation sites excluding steroid dienone is 3. The summed E-state index contributed by atoms with van der Waals surface area (Å²) in [4.78, 5) is 11.0. The lowest BCUT2D eigenvalue weighted by atomic mass is 10.0. The van der Waals surface area contributed by atoms with Crippen LogP contribution >= 0.6 is 11.6 Å². The van der Waals surface area contributed by atoms with Gasteiger partial charge < -0.3 is 5.73 Å². The molecule has 0 aromatic heterocycles. The van der Waals surface area contributed by atoms with Crippen molar-refractivity contribution in [3.63, 3.8) is 0 Å². The summed E-state index contributed by atoms with van der Waals surface area (Å²) >= 11 is 5.94. The van der Waals surface area contributed by atoms with Crippen molar-refractivity contribution >= 4 is 17.5 Å². The summed E-state index contributed by atoms with van der Waals surface area (Å²) in [5.74, 6) is -0.347. The van der Waals surface area contributed by atoms with E-state index in [0.29, 0.717) is 17.0 Å². The fraction of sp³-hybridized carbons (Fsp3) is 0.500. The van der Waals surface area contributed by atoms with E-state index in [1.165, 1.54) is 0 Å². The highest BCUT2D eigenvalue weighted by Gasteiger charge is 2.13. The molecule has 1 amide bonds. The molecular formula is C10H16ClNO. The molecular weight excluding hydrogens is 186 g/mol. The maximum atomic E-state index is 11.0. The molecule has 0 radical (unpaired) electrons. The average Bonchev–Trinajstić information content (AvgIpc) is 1.99. The van der Waals surface area contributed by atoms with Gasteiger partial charge in [0.25, 0.3) is 0 Å². The molecule has 74 valence electrons. The molecule has 0 atom stereocenters. The number of hydrogen-bond acceptors (Lipinski definition) is 1. The first-order chi connectivity index (χ1) is 6.00. The van der Waals surface area contributed by atoms with Crippen molar-refractivity contribution in [2.45, 2.75) is 27.2 Å². The molecule has 0 saturated carbocycles. The van der Waals surface area contributed by atoms with E-state index >= 15 is 0 Å². The number of rotatable bonds is 4. The van der Waals surface area contributed by atoms with Crippen LogP contribution in [0.4, 0.5) is 0 Å². The van der Waals surface area contributed by atoms with Gasteiger partial charge in [-0.2, -0.15) is 0 Å². The van der Waals surface area contributed by atoms with Gasteiger partial charge in [0, 0.05) is 17.0 Å². The van der Waals surface area contributed by atoms with Crippen LogP contribution in [0.2, 0.25) is 0 Å². The Balaban J connectivity index is 4.75. The number of carbonyl (C=O) groups excluding carboxylic acids is 1. The van der Waals surface area contributed by atoms with Gasteiger partial charge in [0.05, 0.1) is 0 Å². The summed E-state index contributed by atoms with van der Waals surface area (Å²) in [5.41, 5.74) is 5.73. The average molecular weight is 202 g/mol. The van der Waals surface area contributed by atoms with Crippen LogP contribution in [0.3, 0.4) is 0 Å². The maximum absolute atomic E-state index is 11.0. The quantitative estimate of drug-likeness (QED) is 0.552. The molecule has 0 rings (SSSR count). The SMILES string of the molecule is C/C=C\C/C(Cl)=C(/C(N)=O)C(C)C. The number of primary amides is 1. The normalized spacial score (nSPS) is 13.6. The molecule has 0 aromatic carbocycles. The molecule has 0 aliphatic rings. The highest BCUT2D eigenvalue weighted by molar-refractivity contribution is 6.32. The molecule has 0 aliphatic heterocycles. The molecule has 0 bridgehead atoms. The van der Waals surface area contributed by atoms with Crippen molar-refractivity contribution in [1.82, 2.24) is 0 Å². The molecule has 3 heteroatoms. The van der Waals surface area contributed by atoms with Gasteiger partial charge in [-0.15, -0.1) is 0 Å². The lowest BCUT2D eigenvalue weighted by Crippen LogP contribution is -2.18. The van der Waals surface area contributed by atoms with E-state index in [1.54, 1.807) is 0 Å². The largest absolute Gasteiger partial charge is 0.366 e. The molecule has 0 spiro atoms. The Hall–Kier alpha value is -0.760. The van der Waals surface area contributed by atoms with Crippen molar-refractivity contribution in [2.75, 3.05) is 0 Å². The van der Waals surface area contributed by atoms with Crippen LogP contribution < -0.4 is 5.73 Å². The summed E-state index contributed by atoms with van der Waals surface area (Å²) in [6.07, 6.45) is 4.36. The Kier molecular flexibility index (Phi) is 5.47. The molecule has 0 saturated heterocycles. The number of hydrogen-bond donors (Lipinski definition) is 1. The third-order valence-electron chi connectivity index (χ3n) is 1.67. The van der Waals surface area contributed by atoms with Gasteiger partial charge in [0.15, 0.2) is 0 Å². The number of amides is 1. The Morgan fingerprint density at radius 2 is 2.08 bits per heavy atom.